The summed E-state index contributed by atoms with van der Waals surface area (Å²) in [5, 5.41) is 11.5. The minimum absolute atomic E-state index is 0.00836. The second kappa shape index (κ2) is 6.69. The van der Waals surface area contributed by atoms with Crippen LogP contribution in [0.2, 0.25) is 5.02 Å². The summed E-state index contributed by atoms with van der Waals surface area (Å²) < 4.78 is 5.08. The molecule has 0 saturated carbocycles. The molecule has 2 rings (SSSR count). The number of nitro groups is 1. The number of thioether (sulfide) groups is 1. The molecule has 110 valence electrons. The molecule has 0 aliphatic carbocycles. The van der Waals surface area contributed by atoms with Gasteiger partial charge in [0.1, 0.15) is 5.75 Å². The van der Waals surface area contributed by atoms with Crippen LogP contribution in [0.5, 0.6) is 5.75 Å². The normalized spacial score (nSPS) is 10.4. The van der Waals surface area contributed by atoms with Crippen molar-refractivity contribution in [1.82, 2.24) is 0 Å². The number of non-ortho nitro benzene ring substituents is 1. The molecule has 0 atom stereocenters. The molecule has 2 aromatic rings. The summed E-state index contributed by atoms with van der Waals surface area (Å²) in [6.07, 6.45) is 0. The van der Waals surface area contributed by atoms with Gasteiger partial charge in [-0.2, -0.15) is 0 Å². The molecule has 0 amide bonds. The number of ether oxygens (including phenoxy) is 1. The maximum absolute atomic E-state index is 10.9. The van der Waals surface area contributed by atoms with Crippen molar-refractivity contribution in [1.29, 1.82) is 0 Å². The molecule has 0 aliphatic rings. The van der Waals surface area contributed by atoms with E-state index in [-0.39, 0.29) is 5.69 Å². The van der Waals surface area contributed by atoms with Crippen LogP contribution in [0.1, 0.15) is 5.56 Å². The third-order valence-corrected chi connectivity index (χ3v) is 4.16. The highest BCUT2D eigenvalue weighted by atomic mass is 35.5. The summed E-state index contributed by atoms with van der Waals surface area (Å²) in [5.41, 5.74) is 7.27. The zero-order chi connectivity index (χ0) is 15.4. The number of benzene rings is 2. The molecule has 0 heterocycles. The lowest BCUT2D eigenvalue weighted by molar-refractivity contribution is -0.385. The number of methoxy groups -OCH3 is 1. The summed E-state index contributed by atoms with van der Waals surface area (Å²) in [6.45, 7) is 0. The number of nitrogens with two attached hydrogens (primary N) is 1. The van der Waals surface area contributed by atoms with E-state index in [0.29, 0.717) is 22.2 Å². The maximum Gasteiger partial charge on any atom is 0.273 e. The molecule has 2 N–H and O–H groups in total. The van der Waals surface area contributed by atoms with Gasteiger partial charge in [0.15, 0.2) is 0 Å². The predicted molar refractivity (Wildman–Crippen MR) is 85.1 cm³/mol. The van der Waals surface area contributed by atoms with Crippen molar-refractivity contribution in [3.05, 3.63) is 57.1 Å². The summed E-state index contributed by atoms with van der Waals surface area (Å²) in [6, 6.07) is 9.96. The van der Waals surface area contributed by atoms with Crippen molar-refractivity contribution in [3.8, 4) is 5.75 Å². The van der Waals surface area contributed by atoms with Gasteiger partial charge in [-0.15, -0.1) is 11.8 Å². The van der Waals surface area contributed by atoms with Crippen LogP contribution >= 0.6 is 23.4 Å². The summed E-state index contributed by atoms with van der Waals surface area (Å²) >= 11 is 7.34. The molecule has 0 bridgehead atoms. The third kappa shape index (κ3) is 4.03. The van der Waals surface area contributed by atoms with E-state index < -0.39 is 4.92 Å². The highest BCUT2D eigenvalue weighted by Crippen LogP contribution is 2.32. The molecular formula is C14H13ClN2O3S. The van der Waals surface area contributed by atoms with Crippen molar-refractivity contribution < 1.29 is 9.66 Å². The number of hydrogen-bond acceptors (Lipinski definition) is 5. The topological polar surface area (TPSA) is 78.4 Å². The van der Waals surface area contributed by atoms with Crippen LogP contribution in [0, 0.1) is 10.1 Å². The molecule has 2 aromatic carbocycles. The first-order valence-corrected chi connectivity index (χ1v) is 7.36. The summed E-state index contributed by atoms with van der Waals surface area (Å²) in [4.78, 5) is 11.3. The van der Waals surface area contributed by atoms with Gasteiger partial charge < -0.3 is 10.5 Å². The first-order chi connectivity index (χ1) is 9.99. The first-order valence-electron chi connectivity index (χ1n) is 6.00. The van der Waals surface area contributed by atoms with Gasteiger partial charge in [-0.3, -0.25) is 10.1 Å². The number of anilines is 1. The van der Waals surface area contributed by atoms with E-state index in [1.807, 2.05) is 6.07 Å². The van der Waals surface area contributed by atoms with Crippen molar-refractivity contribution in [2.24, 2.45) is 0 Å². The van der Waals surface area contributed by atoms with Crippen molar-refractivity contribution >= 4 is 34.7 Å². The van der Waals surface area contributed by atoms with E-state index in [1.54, 1.807) is 18.2 Å². The Morgan fingerprint density at radius 1 is 1.33 bits per heavy atom. The van der Waals surface area contributed by atoms with E-state index in [0.717, 1.165) is 10.5 Å². The lowest BCUT2D eigenvalue weighted by Gasteiger charge is -2.07. The number of halogens is 1. The Labute approximate surface area is 131 Å². The summed E-state index contributed by atoms with van der Waals surface area (Å²) in [7, 11) is 1.48. The van der Waals surface area contributed by atoms with Gasteiger partial charge in [-0.1, -0.05) is 11.6 Å². The molecule has 0 aromatic heterocycles. The van der Waals surface area contributed by atoms with E-state index in [9.17, 15) is 10.1 Å². The molecule has 0 unspecified atom stereocenters. The maximum atomic E-state index is 10.9. The minimum atomic E-state index is -0.437. The lowest BCUT2D eigenvalue weighted by atomic mass is 10.2. The van der Waals surface area contributed by atoms with Crippen LogP contribution in [0.25, 0.3) is 0 Å². The standard InChI is InChI=1S/C14H13ClN2O3S/c1-20-12-5-9(4-11(7-12)17(18)19)8-21-14-3-2-10(15)6-13(14)16/h2-7H,8,16H2,1H3. The number of hydrogen-bond donors (Lipinski definition) is 1. The van der Waals surface area contributed by atoms with Crippen LogP contribution in [-0.4, -0.2) is 12.0 Å². The zero-order valence-corrected chi connectivity index (χ0v) is 12.8. The Kier molecular flexibility index (Phi) is 4.93. The lowest BCUT2D eigenvalue weighted by Crippen LogP contribution is -1.93. The van der Waals surface area contributed by atoms with Gasteiger partial charge in [0.25, 0.3) is 5.69 Å². The second-order valence-electron chi connectivity index (χ2n) is 4.27. The van der Waals surface area contributed by atoms with Gasteiger partial charge in [0.2, 0.25) is 0 Å². The fourth-order valence-corrected chi connectivity index (χ4v) is 2.82. The average Bonchev–Trinajstić information content (AvgIpc) is 2.46. The Bertz CT molecular complexity index is 679. The smallest absolute Gasteiger partial charge is 0.273 e. The van der Waals surface area contributed by atoms with Crippen molar-refractivity contribution in [2.45, 2.75) is 10.6 Å². The average molecular weight is 325 g/mol. The zero-order valence-electron chi connectivity index (χ0n) is 11.2. The third-order valence-electron chi connectivity index (χ3n) is 2.76. The van der Waals surface area contributed by atoms with Crippen molar-refractivity contribution in [3.63, 3.8) is 0 Å². The van der Waals surface area contributed by atoms with Gasteiger partial charge in [-0.25, -0.2) is 0 Å². The molecule has 0 saturated heterocycles. The highest BCUT2D eigenvalue weighted by Gasteiger charge is 2.11. The minimum Gasteiger partial charge on any atom is -0.496 e. The van der Waals surface area contributed by atoms with Crippen LogP contribution in [0.3, 0.4) is 0 Å². The Balaban J connectivity index is 2.19. The molecular weight excluding hydrogens is 312 g/mol. The van der Waals surface area contributed by atoms with E-state index in [2.05, 4.69) is 0 Å². The van der Waals surface area contributed by atoms with E-state index in [1.165, 1.54) is 31.0 Å². The molecule has 0 spiro atoms. The van der Waals surface area contributed by atoms with Crippen LogP contribution in [0.15, 0.2) is 41.3 Å². The molecule has 0 radical (unpaired) electrons. The second-order valence-corrected chi connectivity index (χ2v) is 5.72. The quantitative estimate of drug-likeness (QED) is 0.387. The van der Waals surface area contributed by atoms with E-state index >= 15 is 0 Å². The molecule has 7 heteroatoms. The van der Waals surface area contributed by atoms with Crippen LogP contribution in [0.4, 0.5) is 11.4 Å². The largest absolute Gasteiger partial charge is 0.496 e. The van der Waals surface area contributed by atoms with Gasteiger partial charge in [0.05, 0.1) is 18.1 Å². The van der Waals surface area contributed by atoms with Crippen LogP contribution in [-0.2, 0) is 5.75 Å². The molecule has 21 heavy (non-hydrogen) atoms. The van der Waals surface area contributed by atoms with Gasteiger partial charge in [0, 0.05) is 27.4 Å². The number of nitrogen functional groups attached to an aromatic ring is 1. The SMILES string of the molecule is COc1cc(CSc2ccc(Cl)cc2N)cc([N+](=O)[O-])c1. The first kappa shape index (κ1) is 15.5. The summed E-state index contributed by atoms with van der Waals surface area (Å²) in [5.74, 6) is 1.01. The number of nitrogens with zero attached hydrogens (tertiary/aromatic N) is 1. The fraction of sp³-hybridized carbons (Fsp3) is 0.143. The number of rotatable bonds is 5. The fourth-order valence-electron chi connectivity index (χ4n) is 1.76. The monoisotopic (exact) mass is 324 g/mol. The highest BCUT2D eigenvalue weighted by molar-refractivity contribution is 7.98. The molecule has 0 aliphatic heterocycles. The van der Waals surface area contributed by atoms with Gasteiger partial charge in [-0.05, 0) is 29.8 Å². The Hall–Kier alpha value is -1.92. The van der Waals surface area contributed by atoms with E-state index in [4.69, 9.17) is 22.1 Å². The predicted octanol–water partition coefficient (Wildman–Crippen LogP) is 4.13. The van der Waals surface area contributed by atoms with Gasteiger partial charge >= 0.3 is 0 Å². The Morgan fingerprint density at radius 2 is 2.10 bits per heavy atom. The number of nitro benzene ring substituents is 1. The van der Waals surface area contributed by atoms with Crippen LogP contribution < -0.4 is 10.5 Å². The van der Waals surface area contributed by atoms with Crippen molar-refractivity contribution in [2.75, 3.05) is 12.8 Å². The molecule has 5 nitrogen and oxygen atoms in total. The molecule has 0 fully saturated rings. The Morgan fingerprint density at radius 3 is 2.71 bits per heavy atom.